The Morgan fingerprint density at radius 2 is 0.913 bits per heavy atom. The summed E-state index contributed by atoms with van der Waals surface area (Å²) in [6.45, 7) is 5.32. The molecule has 0 bridgehead atoms. The van der Waals surface area contributed by atoms with Crippen molar-refractivity contribution in [2.24, 2.45) is 0 Å². The monoisotopic (exact) mass is 312 g/mol. The second-order valence-electron chi connectivity index (χ2n) is 8.50. The third kappa shape index (κ3) is 6.17. The molecule has 2 nitrogen and oxygen atoms in total. The lowest BCUT2D eigenvalue weighted by Crippen LogP contribution is -2.37. The van der Waals surface area contributed by atoms with E-state index in [1.807, 2.05) is 0 Å². The minimum Gasteiger partial charge on any atom is -0.327 e. The Morgan fingerprint density at radius 1 is 0.565 bits per heavy atom. The van der Waals surface area contributed by atoms with E-state index < -0.39 is 0 Å². The maximum absolute atomic E-state index is 2.31. The second kappa shape index (κ2) is 6.86. The highest BCUT2D eigenvalue weighted by Crippen LogP contribution is 2.17. The van der Waals surface area contributed by atoms with Crippen LogP contribution in [0.4, 0.5) is 0 Å². The van der Waals surface area contributed by atoms with Gasteiger partial charge in [0, 0.05) is 16.7 Å². The Balaban J connectivity index is 2.00. The summed E-state index contributed by atoms with van der Waals surface area (Å²) in [4.78, 5) is 0. The summed E-state index contributed by atoms with van der Waals surface area (Å²) in [6, 6.07) is 18.1. The van der Waals surface area contributed by atoms with Gasteiger partial charge < -0.3 is 8.97 Å². The summed E-state index contributed by atoms with van der Waals surface area (Å²) in [7, 11) is 11.3. The lowest BCUT2D eigenvalue weighted by atomic mass is 10.1. The first-order valence-electron chi connectivity index (χ1n) is 8.39. The van der Waals surface area contributed by atoms with Gasteiger partial charge in [-0.1, -0.05) is 54.1 Å². The molecule has 2 aromatic rings. The summed E-state index contributed by atoms with van der Waals surface area (Å²) >= 11 is 0. The van der Waals surface area contributed by atoms with E-state index >= 15 is 0 Å². The average Bonchev–Trinajstić information content (AvgIpc) is 2.41. The normalized spacial score (nSPS) is 12.4. The van der Waals surface area contributed by atoms with Crippen molar-refractivity contribution in [3.05, 3.63) is 70.8 Å². The fourth-order valence-electron chi connectivity index (χ4n) is 3.04. The largest absolute Gasteiger partial charge is 0.327 e. The van der Waals surface area contributed by atoms with Crippen LogP contribution in [-0.2, 0) is 19.6 Å². The molecule has 0 N–H and O–H groups in total. The molecule has 124 valence electrons. The van der Waals surface area contributed by atoms with Crippen LogP contribution < -0.4 is 0 Å². The Labute approximate surface area is 142 Å². The van der Waals surface area contributed by atoms with Crippen LogP contribution in [-0.4, -0.2) is 44.2 Å². The first-order valence-corrected chi connectivity index (χ1v) is 8.39. The molecule has 0 heterocycles. The number of rotatable bonds is 6. The number of nitrogens with zero attached hydrogens (tertiary/aromatic N) is 2. The van der Waals surface area contributed by atoms with Crippen LogP contribution in [0.1, 0.15) is 22.3 Å². The average molecular weight is 313 g/mol. The van der Waals surface area contributed by atoms with E-state index in [1.165, 1.54) is 22.3 Å². The molecule has 0 atom stereocenters. The summed E-state index contributed by atoms with van der Waals surface area (Å²) in [5.41, 5.74) is 5.55. The second-order valence-corrected chi connectivity index (χ2v) is 8.50. The Hall–Kier alpha value is -1.64. The maximum Gasteiger partial charge on any atom is 0.104 e. The van der Waals surface area contributed by atoms with Crippen LogP contribution >= 0.6 is 0 Å². The van der Waals surface area contributed by atoms with Gasteiger partial charge in [0.2, 0.25) is 0 Å². The van der Waals surface area contributed by atoms with Gasteiger partial charge in [-0.25, -0.2) is 0 Å². The highest BCUT2D eigenvalue weighted by molar-refractivity contribution is 5.22. The Kier molecular flexibility index (Phi) is 5.28. The van der Waals surface area contributed by atoms with Crippen molar-refractivity contribution < 1.29 is 8.97 Å². The van der Waals surface area contributed by atoms with E-state index in [-0.39, 0.29) is 0 Å². The van der Waals surface area contributed by atoms with Crippen molar-refractivity contribution in [2.45, 2.75) is 26.6 Å². The van der Waals surface area contributed by atoms with Crippen LogP contribution in [0, 0.1) is 6.92 Å². The third-order valence-corrected chi connectivity index (χ3v) is 4.02. The molecule has 0 saturated carbocycles. The zero-order valence-electron chi connectivity index (χ0n) is 15.6. The van der Waals surface area contributed by atoms with Crippen LogP contribution in [0.15, 0.2) is 48.5 Å². The molecule has 2 heteroatoms. The highest BCUT2D eigenvalue weighted by Gasteiger charge is 2.17. The summed E-state index contributed by atoms with van der Waals surface area (Å²) < 4.78 is 1.94. The Morgan fingerprint density at radius 3 is 1.30 bits per heavy atom. The van der Waals surface area contributed by atoms with E-state index in [4.69, 9.17) is 0 Å². The van der Waals surface area contributed by atoms with Crippen LogP contribution in [0.2, 0.25) is 0 Å². The molecular formula is C21H32N2+2. The lowest BCUT2D eigenvalue weighted by molar-refractivity contribution is -0.916. The maximum atomic E-state index is 2.31. The van der Waals surface area contributed by atoms with Gasteiger partial charge in [-0.15, -0.1) is 0 Å². The predicted molar refractivity (Wildman–Crippen MR) is 98.9 cm³/mol. The molecule has 0 aliphatic heterocycles. The number of benzene rings is 2. The van der Waals surface area contributed by atoms with Gasteiger partial charge in [-0.05, 0) is 6.92 Å². The lowest BCUT2D eigenvalue weighted by Gasteiger charge is -2.30. The zero-order chi connectivity index (χ0) is 17.1. The highest BCUT2D eigenvalue weighted by atomic mass is 15.3. The van der Waals surface area contributed by atoms with Gasteiger partial charge >= 0.3 is 0 Å². The Bertz CT molecular complexity index is 616. The molecule has 2 rings (SSSR count). The van der Waals surface area contributed by atoms with Gasteiger partial charge in [-0.3, -0.25) is 0 Å². The SMILES string of the molecule is Cc1ccc(C[N+](C)(C)Cc2ccc(C[N+](C)(C)C)cc2)cc1. The molecule has 0 fully saturated rings. The fraction of sp³-hybridized carbons (Fsp3) is 0.429. The van der Waals surface area contributed by atoms with Gasteiger partial charge in [0.05, 0.1) is 35.2 Å². The summed E-state index contributed by atoms with van der Waals surface area (Å²) in [5.74, 6) is 0. The van der Waals surface area contributed by atoms with Gasteiger partial charge in [-0.2, -0.15) is 0 Å². The van der Waals surface area contributed by atoms with Gasteiger partial charge in [0.1, 0.15) is 19.6 Å². The van der Waals surface area contributed by atoms with Crippen molar-refractivity contribution in [1.82, 2.24) is 0 Å². The molecular weight excluding hydrogens is 280 g/mol. The zero-order valence-corrected chi connectivity index (χ0v) is 15.6. The minimum absolute atomic E-state index is 0.967. The third-order valence-electron chi connectivity index (χ3n) is 4.02. The van der Waals surface area contributed by atoms with Gasteiger partial charge in [0.25, 0.3) is 0 Å². The van der Waals surface area contributed by atoms with Crippen molar-refractivity contribution in [3.63, 3.8) is 0 Å². The number of aryl methyl sites for hydroxylation is 1. The predicted octanol–water partition coefficient (Wildman–Crippen LogP) is 3.98. The molecule has 2 aromatic carbocycles. The molecule has 23 heavy (non-hydrogen) atoms. The summed E-state index contributed by atoms with van der Waals surface area (Å²) in [6.07, 6.45) is 0. The van der Waals surface area contributed by atoms with Crippen LogP contribution in [0.25, 0.3) is 0 Å². The molecule has 0 saturated heterocycles. The van der Waals surface area contributed by atoms with Crippen LogP contribution in [0.5, 0.6) is 0 Å². The molecule has 0 radical (unpaired) electrons. The van der Waals surface area contributed by atoms with Gasteiger partial charge in [0.15, 0.2) is 0 Å². The number of hydrogen-bond acceptors (Lipinski definition) is 0. The quantitative estimate of drug-likeness (QED) is 0.708. The van der Waals surface area contributed by atoms with E-state index in [0.29, 0.717) is 0 Å². The van der Waals surface area contributed by atoms with E-state index in [2.05, 4.69) is 90.7 Å². The molecule has 0 aliphatic carbocycles. The fourth-order valence-corrected chi connectivity index (χ4v) is 3.04. The smallest absolute Gasteiger partial charge is 0.104 e. The molecule has 0 amide bonds. The van der Waals surface area contributed by atoms with Crippen molar-refractivity contribution in [2.75, 3.05) is 35.2 Å². The van der Waals surface area contributed by atoms with Crippen molar-refractivity contribution in [3.8, 4) is 0 Å². The molecule has 0 aromatic heterocycles. The topological polar surface area (TPSA) is 0 Å². The van der Waals surface area contributed by atoms with E-state index in [1.54, 1.807) is 0 Å². The minimum atomic E-state index is 0.967. The van der Waals surface area contributed by atoms with Crippen LogP contribution in [0.3, 0.4) is 0 Å². The van der Waals surface area contributed by atoms with E-state index in [0.717, 1.165) is 28.6 Å². The molecule has 0 aliphatic rings. The summed E-state index contributed by atoms with van der Waals surface area (Å²) in [5, 5.41) is 0. The first-order chi connectivity index (χ1) is 10.6. The number of hydrogen-bond donors (Lipinski definition) is 0. The standard InChI is InChI=1S/C21H32N2/c1-18-7-9-20(10-8-18)16-23(5,6)17-21-13-11-19(12-14-21)15-22(2,3)4/h7-14H,15-17H2,1-6H3/q+2. The van der Waals surface area contributed by atoms with Crippen molar-refractivity contribution >= 4 is 0 Å². The van der Waals surface area contributed by atoms with E-state index in [9.17, 15) is 0 Å². The molecule has 0 spiro atoms. The molecule has 0 unspecified atom stereocenters. The van der Waals surface area contributed by atoms with Crippen molar-refractivity contribution in [1.29, 1.82) is 0 Å². The first kappa shape index (κ1) is 17.7. The number of quaternary nitrogens is 2.